The molecule has 2 saturated heterocycles. The van der Waals surface area contributed by atoms with Gasteiger partial charge in [-0.15, -0.1) is 0 Å². The lowest BCUT2D eigenvalue weighted by molar-refractivity contribution is 0.0400. The molecule has 160 valence electrons. The van der Waals surface area contributed by atoms with Crippen molar-refractivity contribution in [2.45, 2.75) is 11.8 Å². The molecule has 2 fully saturated rings. The number of aryl methyl sites for hydroxylation is 1. The molecule has 4 rings (SSSR count). The number of sulfonamides is 1. The van der Waals surface area contributed by atoms with Crippen molar-refractivity contribution in [3.8, 4) is 0 Å². The number of hydrogen-bond acceptors (Lipinski definition) is 4. The van der Waals surface area contributed by atoms with Crippen molar-refractivity contribution in [3.63, 3.8) is 0 Å². The van der Waals surface area contributed by atoms with E-state index in [0.29, 0.717) is 30.8 Å². The van der Waals surface area contributed by atoms with Crippen LogP contribution in [0, 0.1) is 24.1 Å². The molecule has 2 aromatic rings. The number of likely N-dealkylation sites (tertiary alicyclic amines) is 1. The summed E-state index contributed by atoms with van der Waals surface area (Å²) in [4.78, 5) is 14.7. The molecule has 1 atom stereocenters. The van der Waals surface area contributed by atoms with Crippen LogP contribution in [0.3, 0.4) is 0 Å². The highest BCUT2D eigenvalue weighted by molar-refractivity contribution is 7.89. The van der Waals surface area contributed by atoms with Gasteiger partial charge in [-0.2, -0.15) is 4.31 Å². The van der Waals surface area contributed by atoms with Crippen LogP contribution in [0.1, 0.15) is 15.9 Å². The van der Waals surface area contributed by atoms with E-state index in [1.165, 1.54) is 22.5 Å². The summed E-state index contributed by atoms with van der Waals surface area (Å²) < 4.78 is 41.0. The second-order valence-electron chi connectivity index (χ2n) is 8.52. The quantitative estimate of drug-likeness (QED) is 0.787. The van der Waals surface area contributed by atoms with Crippen LogP contribution in [0.5, 0.6) is 0 Å². The monoisotopic (exact) mass is 431 g/mol. The van der Waals surface area contributed by atoms with Crippen LogP contribution in [0.15, 0.2) is 53.4 Å². The van der Waals surface area contributed by atoms with Gasteiger partial charge in [0.2, 0.25) is 10.0 Å². The molecule has 8 heteroatoms. The predicted octanol–water partition coefficient (Wildman–Crippen LogP) is 2.12. The van der Waals surface area contributed by atoms with Crippen LogP contribution in [-0.2, 0) is 10.0 Å². The summed E-state index contributed by atoms with van der Waals surface area (Å²) in [5, 5.41) is 3.01. The van der Waals surface area contributed by atoms with Gasteiger partial charge in [0, 0.05) is 43.7 Å². The van der Waals surface area contributed by atoms with E-state index < -0.39 is 15.8 Å². The first-order valence-electron chi connectivity index (χ1n) is 9.99. The van der Waals surface area contributed by atoms with E-state index in [4.69, 9.17) is 0 Å². The van der Waals surface area contributed by atoms with Crippen molar-refractivity contribution < 1.29 is 17.6 Å². The Morgan fingerprint density at radius 3 is 2.53 bits per heavy atom. The number of amides is 1. The molecule has 0 bridgehead atoms. The van der Waals surface area contributed by atoms with E-state index in [1.807, 2.05) is 25.2 Å². The third kappa shape index (κ3) is 3.75. The summed E-state index contributed by atoms with van der Waals surface area (Å²) in [6, 6.07) is 13.0. The Labute approximate surface area is 176 Å². The van der Waals surface area contributed by atoms with Crippen LogP contribution in [0.25, 0.3) is 0 Å². The molecule has 6 nitrogen and oxygen atoms in total. The summed E-state index contributed by atoms with van der Waals surface area (Å²) >= 11 is 0. The predicted molar refractivity (Wildman–Crippen MR) is 112 cm³/mol. The highest BCUT2D eigenvalue weighted by atomic mass is 32.2. The van der Waals surface area contributed by atoms with Crippen LogP contribution < -0.4 is 5.32 Å². The third-order valence-electron chi connectivity index (χ3n) is 6.28. The molecule has 1 unspecified atom stereocenters. The summed E-state index contributed by atoms with van der Waals surface area (Å²) in [5.41, 5.74) is 0.747. The zero-order chi connectivity index (χ0) is 21.5. The van der Waals surface area contributed by atoms with Gasteiger partial charge in [-0.25, -0.2) is 12.8 Å². The number of nitrogens with zero attached hydrogens (tertiary/aromatic N) is 2. The Morgan fingerprint density at radius 2 is 1.87 bits per heavy atom. The fourth-order valence-electron chi connectivity index (χ4n) is 4.60. The van der Waals surface area contributed by atoms with Crippen molar-refractivity contribution in [2.24, 2.45) is 11.3 Å². The van der Waals surface area contributed by atoms with E-state index in [-0.39, 0.29) is 22.1 Å². The van der Waals surface area contributed by atoms with Crippen molar-refractivity contribution in [1.29, 1.82) is 0 Å². The number of hydrogen-bond donors (Lipinski definition) is 1. The Hall–Kier alpha value is -2.29. The van der Waals surface area contributed by atoms with Crippen LogP contribution >= 0.6 is 0 Å². The summed E-state index contributed by atoms with van der Waals surface area (Å²) in [6.07, 6.45) is 0. The molecular formula is C22H26FN3O3S. The van der Waals surface area contributed by atoms with Gasteiger partial charge >= 0.3 is 0 Å². The lowest BCUT2D eigenvalue weighted by Gasteiger charge is -2.50. The molecule has 1 spiro atoms. The van der Waals surface area contributed by atoms with Gasteiger partial charge in [0.15, 0.2) is 0 Å². The van der Waals surface area contributed by atoms with Gasteiger partial charge in [0.25, 0.3) is 5.91 Å². The standard InChI is InChI=1S/C22H26FN3O3S/c1-16-10-19(8-9-20(16)23)30(28,29)26-14-22(15-26)13-25(2)12-18(22)11-24-21(27)17-6-4-3-5-7-17/h3-10,18H,11-15H2,1-2H3,(H,24,27). The number of carbonyl (C=O) groups is 1. The van der Waals surface area contributed by atoms with Gasteiger partial charge in [0.05, 0.1) is 4.90 Å². The first-order valence-corrected chi connectivity index (χ1v) is 11.4. The molecule has 1 amide bonds. The van der Waals surface area contributed by atoms with Crippen molar-refractivity contribution in [3.05, 3.63) is 65.5 Å². The molecular weight excluding hydrogens is 405 g/mol. The molecule has 0 saturated carbocycles. The lowest BCUT2D eigenvalue weighted by Crippen LogP contribution is -2.63. The Bertz CT molecular complexity index is 1050. The van der Waals surface area contributed by atoms with Crippen molar-refractivity contribution >= 4 is 15.9 Å². The van der Waals surface area contributed by atoms with E-state index in [2.05, 4.69) is 10.2 Å². The first-order chi connectivity index (χ1) is 14.2. The second kappa shape index (κ2) is 7.76. The normalized spacial score (nSPS) is 21.5. The SMILES string of the molecule is Cc1cc(S(=O)(=O)N2CC3(CN(C)CC3CNC(=O)c3ccccc3)C2)ccc1F. The van der Waals surface area contributed by atoms with Crippen LogP contribution in [0.4, 0.5) is 4.39 Å². The fourth-order valence-corrected chi connectivity index (χ4v) is 6.32. The second-order valence-corrected chi connectivity index (χ2v) is 10.5. The number of benzene rings is 2. The third-order valence-corrected chi connectivity index (χ3v) is 8.07. The minimum Gasteiger partial charge on any atom is -0.352 e. The average Bonchev–Trinajstić information content (AvgIpc) is 3.04. The maximum absolute atomic E-state index is 13.5. The van der Waals surface area contributed by atoms with E-state index >= 15 is 0 Å². The Kier molecular flexibility index (Phi) is 5.42. The maximum Gasteiger partial charge on any atom is 0.251 e. The topological polar surface area (TPSA) is 69.7 Å². The van der Waals surface area contributed by atoms with E-state index in [0.717, 1.165) is 13.1 Å². The molecule has 2 heterocycles. The highest BCUT2D eigenvalue weighted by Crippen LogP contribution is 2.45. The van der Waals surface area contributed by atoms with Gasteiger partial charge in [-0.1, -0.05) is 18.2 Å². The largest absolute Gasteiger partial charge is 0.352 e. The number of halogens is 1. The summed E-state index contributed by atoms with van der Waals surface area (Å²) in [7, 11) is -1.64. The highest BCUT2D eigenvalue weighted by Gasteiger charge is 2.56. The number of nitrogens with one attached hydrogen (secondary N) is 1. The number of carbonyl (C=O) groups excluding carboxylic acids is 1. The Morgan fingerprint density at radius 1 is 1.17 bits per heavy atom. The molecule has 2 aromatic carbocycles. The minimum atomic E-state index is -3.66. The molecule has 2 aliphatic heterocycles. The van der Waals surface area contributed by atoms with Crippen molar-refractivity contribution in [1.82, 2.24) is 14.5 Å². The van der Waals surface area contributed by atoms with Crippen LogP contribution in [-0.4, -0.2) is 63.3 Å². The lowest BCUT2D eigenvalue weighted by atomic mass is 9.73. The maximum atomic E-state index is 13.5. The molecule has 30 heavy (non-hydrogen) atoms. The molecule has 0 radical (unpaired) electrons. The van der Waals surface area contributed by atoms with Gasteiger partial charge < -0.3 is 10.2 Å². The summed E-state index contributed by atoms with van der Waals surface area (Å²) in [5.74, 6) is -0.372. The Balaban J connectivity index is 1.44. The molecule has 1 N–H and O–H groups in total. The van der Waals surface area contributed by atoms with E-state index in [1.54, 1.807) is 19.1 Å². The molecule has 2 aliphatic rings. The van der Waals surface area contributed by atoms with Crippen molar-refractivity contribution in [2.75, 3.05) is 39.8 Å². The average molecular weight is 432 g/mol. The smallest absolute Gasteiger partial charge is 0.251 e. The van der Waals surface area contributed by atoms with Gasteiger partial charge in [-0.05, 0) is 55.8 Å². The van der Waals surface area contributed by atoms with Gasteiger partial charge in [0.1, 0.15) is 5.82 Å². The van der Waals surface area contributed by atoms with Gasteiger partial charge in [-0.3, -0.25) is 4.79 Å². The van der Waals surface area contributed by atoms with Crippen LogP contribution in [0.2, 0.25) is 0 Å². The molecule has 0 aromatic heterocycles. The first kappa shape index (κ1) is 21.0. The fraction of sp³-hybridized carbons (Fsp3) is 0.409. The summed E-state index contributed by atoms with van der Waals surface area (Å²) in [6.45, 7) is 4.46. The number of rotatable bonds is 5. The zero-order valence-electron chi connectivity index (χ0n) is 17.1. The molecule has 0 aliphatic carbocycles. The van der Waals surface area contributed by atoms with E-state index in [9.17, 15) is 17.6 Å². The minimum absolute atomic E-state index is 0.120. The zero-order valence-corrected chi connectivity index (χ0v) is 18.0.